The first kappa shape index (κ1) is 15.3. The molecule has 0 bridgehead atoms. The molecule has 1 aliphatic heterocycles. The van der Waals surface area contributed by atoms with E-state index in [1.165, 1.54) is 24.1 Å². The van der Waals surface area contributed by atoms with E-state index in [0.29, 0.717) is 17.2 Å². The first-order valence-electron chi connectivity index (χ1n) is 7.13. The molecule has 0 aliphatic carbocycles. The Hall–Kier alpha value is -2.60. The van der Waals surface area contributed by atoms with E-state index in [1.54, 1.807) is 31.4 Å². The molecular formula is C17H17FN2O3. The first-order chi connectivity index (χ1) is 11.1. The van der Waals surface area contributed by atoms with E-state index >= 15 is 0 Å². The average molecular weight is 316 g/mol. The number of halogens is 1. The number of amides is 1. The molecule has 0 aromatic heterocycles. The van der Waals surface area contributed by atoms with Crippen LogP contribution >= 0.6 is 0 Å². The molecule has 1 heterocycles. The van der Waals surface area contributed by atoms with Crippen LogP contribution in [0.15, 0.2) is 42.5 Å². The summed E-state index contributed by atoms with van der Waals surface area (Å²) in [5.74, 6) is 0.501. The maximum Gasteiger partial charge on any atom is 0.247 e. The number of rotatable bonds is 4. The third-order valence-electron chi connectivity index (χ3n) is 3.98. The molecular weight excluding hydrogens is 299 g/mol. The van der Waals surface area contributed by atoms with Crippen molar-refractivity contribution in [2.24, 2.45) is 5.73 Å². The Kier molecular flexibility index (Phi) is 3.92. The predicted octanol–water partition coefficient (Wildman–Crippen LogP) is 2.26. The van der Waals surface area contributed by atoms with E-state index in [0.717, 1.165) is 5.56 Å². The molecule has 1 amide bonds. The molecule has 1 aliphatic rings. The van der Waals surface area contributed by atoms with Gasteiger partial charge >= 0.3 is 0 Å². The quantitative estimate of drug-likeness (QED) is 0.879. The summed E-state index contributed by atoms with van der Waals surface area (Å²) in [5, 5.41) is 0. The van der Waals surface area contributed by atoms with Crippen molar-refractivity contribution in [3.8, 4) is 11.5 Å². The van der Waals surface area contributed by atoms with Gasteiger partial charge in [-0.15, -0.1) is 0 Å². The van der Waals surface area contributed by atoms with Gasteiger partial charge in [0.15, 0.2) is 11.5 Å². The third-order valence-corrected chi connectivity index (χ3v) is 3.98. The average Bonchev–Trinajstić information content (AvgIpc) is 2.58. The summed E-state index contributed by atoms with van der Waals surface area (Å²) in [7, 11) is 3.09. The van der Waals surface area contributed by atoms with Crippen LogP contribution in [0.3, 0.4) is 0 Å². The van der Waals surface area contributed by atoms with Gasteiger partial charge in [0.1, 0.15) is 11.9 Å². The molecule has 23 heavy (non-hydrogen) atoms. The lowest BCUT2D eigenvalue weighted by atomic mass is 9.88. The minimum atomic E-state index is -0.670. The summed E-state index contributed by atoms with van der Waals surface area (Å²) < 4.78 is 24.0. The van der Waals surface area contributed by atoms with Crippen LogP contribution < -0.4 is 20.1 Å². The van der Waals surface area contributed by atoms with Crippen molar-refractivity contribution in [2.45, 2.75) is 12.1 Å². The Morgan fingerprint density at radius 1 is 1.09 bits per heavy atom. The van der Waals surface area contributed by atoms with E-state index in [4.69, 9.17) is 15.2 Å². The van der Waals surface area contributed by atoms with Gasteiger partial charge in [-0.3, -0.25) is 4.79 Å². The van der Waals surface area contributed by atoms with Crippen molar-refractivity contribution in [1.29, 1.82) is 0 Å². The highest BCUT2D eigenvalue weighted by Gasteiger charge is 2.46. The van der Waals surface area contributed by atoms with E-state index < -0.39 is 11.9 Å². The number of hydrogen-bond donors (Lipinski definition) is 1. The molecule has 0 unspecified atom stereocenters. The Bertz CT molecular complexity index is 750. The minimum Gasteiger partial charge on any atom is -0.493 e. The number of carbonyl (C=O) groups excluding carboxylic acids is 1. The summed E-state index contributed by atoms with van der Waals surface area (Å²) >= 11 is 0. The molecule has 2 atom stereocenters. The van der Waals surface area contributed by atoms with Crippen molar-refractivity contribution >= 4 is 11.6 Å². The molecule has 0 saturated carbocycles. The lowest BCUT2D eigenvalue weighted by Crippen LogP contribution is -2.63. The van der Waals surface area contributed by atoms with Gasteiger partial charge in [-0.25, -0.2) is 4.39 Å². The molecule has 5 nitrogen and oxygen atoms in total. The molecule has 0 spiro atoms. The summed E-state index contributed by atoms with van der Waals surface area (Å²) in [6.07, 6.45) is 0. The molecule has 1 saturated heterocycles. The maximum absolute atomic E-state index is 13.5. The van der Waals surface area contributed by atoms with Crippen molar-refractivity contribution in [1.82, 2.24) is 0 Å². The van der Waals surface area contributed by atoms with Crippen molar-refractivity contribution in [3.05, 3.63) is 53.8 Å². The molecule has 0 radical (unpaired) electrons. The third kappa shape index (κ3) is 2.51. The number of β-lactam (4-membered cyclic amide) rings is 1. The van der Waals surface area contributed by atoms with Crippen LogP contribution in [-0.2, 0) is 4.79 Å². The Balaban J connectivity index is 1.99. The summed E-state index contributed by atoms with van der Waals surface area (Å²) in [4.78, 5) is 13.7. The second-order valence-electron chi connectivity index (χ2n) is 5.27. The second-order valence-corrected chi connectivity index (χ2v) is 5.27. The largest absolute Gasteiger partial charge is 0.493 e. The number of hydrogen-bond acceptors (Lipinski definition) is 4. The SMILES string of the molecule is COc1ccc([C@@H]2[C@@H](N)C(=O)N2c2cccc(F)c2)cc1OC. The lowest BCUT2D eigenvalue weighted by Gasteiger charge is -2.45. The van der Waals surface area contributed by atoms with Crippen LogP contribution in [0, 0.1) is 5.82 Å². The number of nitrogens with two attached hydrogens (primary N) is 1. The van der Waals surface area contributed by atoms with Crippen LogP contribution in [0.1, 0.15) is 11.6 Å². The smallest absolute Gasteiger partial charge is 0.247 e. The van der Waals surface area contributed by atoms with Crippen molar-refractivity contribution in [2.75, 3.05) is 19.1 Å². The van der Waals surface area contributed by atoms with E-state index in [-0.39, 0.29) is 11.9 Å². The van der Waals surface area contributed by atoms with Crippen LogP contribution in [-0.4, -0.2) is 26.2 Å². The topological polar surface area (TPSA) is 64.8 Å². The van der Waals surface area contributed by atoms with Gasteiger partial charge in [0.05, 0.1) is 20.3 Å². The van der Waals surface area contributed by atoms with Crippen molar-refractivity contribution < 1.29 is 18.7 Å². The molecule has 6 heteroatoms. The van der Waals surface area contributed by atoms with E-state index in [2.05, 4.69) is 0 Å². The van der Waals surface area contributed by atoms with Crippen LogP contribution in [0.4, 0.5) is 10.1 Å². The fourth-order valence-corrected chi connectivity index (χ4v) is 2.82. The zero-order chi connectivity index (χ0) is 16.6. The van der Waals surface area contributed by atoms with Gasteiger partial charge in [0, 0.05) is 5.69 Å². The fraction of sp³-hybridized carbons (Fsp3) is 0.235. The summed E-state index contributed by atoms with van der Waals surface area (Å²) in [6, 6.07) is 10.2. The van der Waals surface area contributed by atoms with Gasteiger partial charge < -0.3 is 20.1 Å². The first-order valence-corrected chi connectivity index (χ1v) is 7.13. The zero-order valence-electron chi connectivity index (χ0n) is 12.8. The zero-order valence-corrected chi connectivity index (χ0v) is 12.8. The normalized spacial score (nSPS) is 20.2. The number of nitrogens with zero attached hydrogens (tertiary/aromatic N) is 1. The summed E-state index contributed by atoms with van der Waals surface area (Å²) in [6.45, 7) is 0. The van der Waals surface area contributed by atoms with Gasteiger partial charge in [-0.05, 0) is 35.9 Å². The molecule has 2 aromatic rings. The van der Waals surface area contributed by atoms with Crippen LogP contribution in [0.5, 0.6) is 11.5 Å². The maximum atomic E-state index is 13.5. The van der Waals surface area contributed by atoms with Gasteiger partial charge in [-0.2, -0.15) is 0 Å². The van der Waals surface area contributed by atoms with Crippen LogP contribution in [0.2, 0.25) is 0 Å². The highest BCUT2D eigenvalue weighted by Crippen LogP contribution is 2.40. The Labute approximate surface area is 133 Å². The van der Waals surface area contributed by atoms with Gasteiger partial charge in [0.2, 0.25) is 5.91 Å². The lowest BCUT2D eigenvalue weighted by molar-refractivity contribution is -0.126. The monoisotopic (exact) mass is 316 g/mol. The molecule has 120 valence electrons. The van der Waals surface area contributed by atoms with Crippen LogP contribution in [0.25, 0.3) is 0 Å². The highest BCUT2D eigenvalue weighted by molar-refractivity contribution is 6.05. The second kappa shape index (κ2) is 5.89. The Morgan fingerprint density at radius 2 is 1.83 bits per heavy atom. The number of benzene rings is 2. The predicted molar refractivity (Wildman–Crippen MR) is 84.1 cm³/mol. The van der Waals surface area contributed by atoms with E-state index in [1.807, 2.05) is 6.07 Å². The molecule has 3 rings (SSSR count). The number of ether oxygens (including phenoxy) is 2. The van der Waals surface area contributed by atoms with Crippen molar-refractivity contribution in [3.63, 3.8) is 0 Å². The fourth-order valence-electron chi connectivity index (χ4n) is 2.82. The summed E-state index contributed by atoms with van der Waals surface area (Å²) in [5.41, 5.74) is 7.26. The minimum absolute atomic E-state index is 0.240. The highest BCUT2D eigenvalue weighted by atomic mass is 19.1. The number of carbonyl (C=O) groups is 1. The molecule has 1 fully saturated rings. The number of methoxy groups -OCH3 is 2. The van der Waals surface area contributed by atoms with Gasteiger partial charge in [-0.1, -0.05) is 12.1 Å². The number of anilines is 1. The molecule has 2 N–H and O–H groups in total. The van der Waals surface area contributed by atoms with Gasteiger partial charge in [0.25, 0.3) is 0 Å². The Morgan fingerprint density at radius 3 is 2.48 bits per heavy atom. The molecule has 2 aromatic carbocycles. The standard InChI is InChI=1S/C17H17FN2O3/c1-22-13-7-6-10(8-14(13)23-2)16-15(19)17(21)20(16)12-5-3-4-11(18)9-12/h3-9,15-16H,19H2,1-2H3/t15-,16-/m1/s1. The van der Waals surface area contributed by atoms with E-state index in [9.17, 15) is 9.18 Å².